The molecule has 0 saturated heterocycles. The van der Waals surface area contributed by atoms with Crippen molar-refractivity contribution in [3.63, 3.8) is 0 Å². The van der Waals surface area contributed by atoms with E-state index in [9.17, 15) is 14.4 Å². The second kappa shape index (κ2) is 9.73. The number of benzene rings is 3. The Morgan fingerprint density at radius 1 is 1.17 bits per heavy atom. The number of hydrogen-bond acceptors (Lipinski definition) is 3. The molecule has 0 heterocycles. The van der Waals surface area contributed by atoms with Gasteiger partial charge in [0.25, 0.3) is 5.91 Å². The van der Waals surface area contributed by atoms with Crippen molar-refractivity contribution in [3.8, 4) is 11.8 Å². The molecule has 0 unspecified atom stereocenters. The molecule has 3 aromatic rings. The van der Waals surface area contributed by atoms with Gasteiger partial charge >= 0.3 is 0 Å². The van der Waals surface area contributed by atoms with Crippen LogP contribution >= 0.6 is 11.6 Å². The first-order valence-electron chi connectivity index (χ1n) is 9.12. The number of aryl methyl sites for hydroxylation is 1. The zero-order valence-corrected chi connectivity index (χ0v) is 16.9. The smallest absolute Gasteiger partial charge is 0.262 e. The molecular formula is C24H18ClFN2O2. The minimum atomic E-state index is -0.476. The molecule has 0 fully saturated rings. The summed E-state index contributed by atoms with van der Waals surface area (Å²) < 4.78 is 19.4. The van der Waals surface area contributed by atoms with Crippen LogP contribution in [0.5, 0.6) is 5.75 Å². The maximum Gasteiger partial charge on any atom is 0.262 e. The number of nitrogens with one attached hydrogen (secondary N) is 1. The molecule has 0 aliphatic heterocycles. The average Bonchev–Trinajstić information content (AvgIpc) is 2.73. The van der Waals surface area contributed by atoms with Crippen molar-refractivity contribution in [2.45, 2.75) is 6.92 Å². The third kappa shape index (κ3) is 5.47. The molecule has 1 amide bonds. The Labute approximate surface area is 179 Å². The third-order valence-corrected chi connectivity index (χ3v) is 4.54. The van der Waals surface area contributed by atoms with E-state index in [1.807, 2.05) is 37.3 Å². The van der Waals surface area contributed by atoms with Crippen molar-refractivity contribution in [3.05, 3.63) is 94.3 Å². The molecule has 0 saturated carbocycles. The van der Waals surface area contributed by atoms with Gasteiger partial charge < -0.3 is 10.1 Å². The quantitative estimate of drug-likeness (QED) is 0.400. The number of carbonyl (C=O) groups excluding carboxylic acids is 1. The molecule has 0 aromatic heterocycles. The lowest BCUT2D eigenvalue weighted by Gasteiger charge is -2.10. The normalized spacial score (nSPS) is 10.9. The van der Waals surface area contributed by atoms with Crippen LogP contribution in [-0.2, 0) is 4.79 Å². The van der Waals surface area contributed by atoms with Gasteiger partial charge in [-0.15, -0.1) is 0 Å². The van der Waals surface area contributed by atoms with Crippen LogP contribution in [0.4, 0.5) is 10.1 Å². The van der Waals surface area contributed by atoms with E-state index in [2.05, 4.69) is 5.32 Å². The van der Waals surface area contributed by atoms with Crippen molar-refractivity contribution in [2.75, 3.05) is 11.9 Å². The van der Waals surface area contributed by atoms with Crippen LogP contribution in [-0.4, -0.2) is 12.5 Å². The summed E-state index contributed by atoms with van der Waals surface area (Å²) >= 11 is 6.25. The van der Waals surface area contributed by atoms with Gasteiger partial charge in [-0.2, -0.15) is 5.26 Å². The number of hydrogen-bond donors (Lipinski definition) is 1. The van der Waals surface area contributed by atoms with Gasteiger partial charge in [-0.05, 0) is 48.9 Å². The fourth-order valence-corrected chi connectivity index (χ4v) is 2.96. The van der Waals surface area contributed by atoms with Crippen molar-refractivity contribution >= 4 is 34.8 Å². The van der Waals surface area contributed by atoms with E-state index < -0.39 is 5.82 Å². The van der Waals surface area contributed by atoms with Gasteiger partial charge in [-0.25, -0.2) is 4.39 Å². The lowest BCUT2D eigenvalue weighted by molar-refractivity contribution is -0.118. The van der Waals surface area contributed by atoms with E-state index in [4.69, 9.17) is 16.3 Å². The average molecular weight is 421 g/mol. The van der Waals surface area contributed by atoms with Crippen molar-refractivity contribution < 1.29 is 13.9 Å². The molecule has 0 radical (unpaired) electrons. The Bertz CT molecular complexity index is 1130. The van der Waals surface area contributed by atoms with Crippen LogP contribution in [0.2, 0.25) is 5.02 Å². The molecule has 0 bridgehead atoms. The molecule has 0 atom stereocenters. The van der Waals surface area contributed by atoms with Crippen molar-refractivity contribution in [1.82, 2.24) is 0 Å². The molecule has 0 aliphatic carbocycles. The lowest BCUT2D eigenvalue weighted by Crippen LogP contribution is -2.20. The van der Waals surface area contributed by atoms with E-state index in [-0.39, 0.29) is 28.7 Å². The topological polar surface area (TPSA) is 62.1 Å². The summed E-state index contributed by atoms with van der Waals surface area (Å²) in [6.07, 6.45) is 1.54. The maximum atomic E-state index is 13.9. The SMILES string of the molecule is Cc1ccc(NC(=O)COc2ccc(/C=C(/C#N)c3ccccc3F)cc2Cl)cc1. The summed E-state index contributed by atoms with van der Waals surface area (Å²) in [6, 6.07) is 20.3. The first-order valence-corrected chi connectivity index (χ1v) is 9.49. The Kier molecular flexibility index (Phi) is 6.84. The molecule has 0 aliphatic rings. The lowest BCUT2D eigenvalue weighted by atomic mass is 10.0. The fraction of sp³-hybridized carbons (Fsp3) is 0.0833. The standard InChI is InChI=1S/C24H18ClFN2O2/c1-16-6-9-19(10-7-16)28-24(29)15-30-23-11-8-17(13-21(23)25)12-18(14-27)20-4-2-3-5-22(20)26/h2-13H,15H2,1H3,(H,28,29)/b18-12-. The number of ether oxygens (including phenoxy) is 1. The van der Waals surface area contributed by atoms with Crippen LogP contribution in [0.1, 0.15) is 16.7 Å². The summed E-state index contributed by atoms with van der Waals surface area (Å²) in [4.78, 5) is 12.1. The van der Waals surface area contributed by atoms with Gasteiger partial charge in [0.15, 0.2) is 6.61 Å². The maximum absolute atomic E-state index is 13.9. The zero-order valence-electron chi connectivity index (χ0n) is 16.2. The molecule has 3 aromatic carbocycles. The number of rotatable bonds is 6. The van der Waals surface area contributed by atoms with Gasteiger partial charge in [0.05, 0.1) is 16.7 Å². The van der Waals surface area contributed by atoms with Crippen LogP contribution in [0.3, 0.4) is 0 Å². The van der Waals surface area contributed by atoms with Crippen LogP contribution in [0.15, 0.2) is 66.7 Å². The molecule has 1 N–H and O–H groups in total. The number of nitrogens with zero attached hydrogens (tertiary/aromatic N) is 1. The highest BCUT2D eigenvalue weighted by Gasteiger charge is 2.10. The molecule has 4 nitrogen and oxygen atoms in total. The Hall–Kier alpha value is -3.62. The Morgan fingerprint density at radius 2 is 1.90 bits per heavy atom. The number of amides is 1. The number of anilines is 1. The summed E-state index contributed by atoms with van der Waals surface area (Å²) in [5, 5.41) is 12.4. The second-order valence-electron chi connectivity index (χ2n) is 6.54. The second-order valence-corrected chi connectivity index (χ2v) is 6.95. The number of carbonyl (C=O) groups is 1. The van der Waals surface area contributed by atoms with Gasteiger partial charge in [0, 0.05) is 11.3 Å². The molecule has 30 heavy (non-hydrogen) atoms. The molecule has 0 spiro atoms. The van der Waals surface area contributed by atoms with Crippen LogP contribution in [0, 0.1) is 24.1 Å². The number of nitriles is 1. The summed E-state index contributed by atoms with van der Waals surface area (Å²) in [7, 11) is 0. The third-order valence-electron chi connectivity index (χ3n) is 4.25. The van der Waals surface area contributed by atoms with E-state index >= 15 is 0 Å². The fourth-order valence-electron chi connectivity index (χ4n) is 2.72. The molecule has 3 rings (SSSR count). The highest BCUT2D eigenvalue weighted by Crippen LogP contribution is 2.28. The van der Waals surface area contributed by atoms with Gasteiger partial charge in [0.1, 0.15) is 11.6 Å². The first kappa shape index (κ1) is 21.1. The van der Waals surface area contributed by atoms with E-state index in [1.54, 1.807) is 30.3 Å². The Morgan fingerprint density at radius 3 is 2.57 bits per heavy atom. The minimum absolute atomic E-state index is 0.176. The van der Waals surface area contributed by atoms with Gasteiger partial charge in [-0.1, -0.05) is 53.6 Å². The summed E-state index contributed by atoms with van der Waals surface area (Å²) in [6.45, 7) is 1.76. The highest BCUT2D eigenvalue weighted by molar-refractivity contribution is 6.32. The van der Waals surface area contributed by atoms with Crippen molar-refractivity contribution in [2.24, 2.45) is 0 Å². The number of allylic oxidation sites excluding steroid dienone is 1. The monoisotopic (exact) mass is 420 g/mol. The highest BCUT2D eigenvalue weighted by atomic mass is 35.5. The van der Waals surface area contributed by atoms with Crippen molar-refractivity contribution in [1.29, 1.82) is 5.26 Å². The van der Waals surface area contributed by atoms with Gasteiger partial charge in [0.2, 0.25) is 0 Å². The zero-order chi connectivity index (χ0) is 21.5. The summed E-state index contributed by atoms with van der Waals surface area (Å²) in [5.41, 5.74) is 2.77. The molecule has 150 valence electrons. The predicted molar refractivity (Wildman–Crippen MR) is 117 cm³/mol. The Balaban J connectivity index is 1.67. The minimum Gasteiger partial charge on any atom is -0.482 e. The largest absolute Gasteiger partial charge is 0.482 e. The summed E-state index contributed by atoms with van der Waals surface area (Å²) in [5.74, 6) is -0.460. The molecular weight excluding hydrogens is 403 g/mol. The number of halogens is 2. The van der Waals surface area contributed by atoms with E-state index in [1.165, 1.54) is 18.2 Å². The van der Waals surface area contributed by atoms with Crippen LogP contribution < -0.4 is 10.1 Å². The van der Waals surface area contributed by atoms with Crippen LogP contribution in [0.25, 0.3) is 11.6 Å². The van der Waals surface area contributed by atoms with Gasteiger partial charge in [-0.3, -0.25) is 4.79 Å². The van der Waals surface area contributed by atoms with E-state index in [0.717, 1.165) is 5.56 Å². The van der Waals surface area contributed by atoms with E-state index in [0.29, 0.717) is 17.0 Å². The predicted octanol–water partition coefficient (Wildman–Crippen LogP) is 5.87. The molecule has 6 heteroatoms. The first-order chi connectivity index (χ1) is 14.5.